The van der Waals surface area contributed by atoms with Crippen LogP contribution in [0.15, 0.2) is 0 Å². The SMILES string of the molecule is CSC1(CNCC2CCC(=O)N2)CC1. The summed E-state index contributed by atoms with van der Waals surface area (Å²) < 4.78 is 0.530. The number of amides is 1. The molecular formula is C10H18N2OS. The quantitative estimate of drug-likeness (QED) is 0.709. The topological polar surface area (TPSA) is 41.1 Å². The molecule has 2 rings (SSSR count). The molecule has 1 saturated heterocycles. The van der Waals surface area contributed by atoms with Gasteiger partial charge in [-0.05, 0) is 25.5 Å². The fraction of sp³-hybridized carbons (Fsp3) is 0.900. The first-order valence-corrected chi connectivity index (χ1v) is 6.52. The highest BCUT2D eigenvalue weighted by molar-refractivity contribution is 8.00. The van der Waals surface area contributed by atoms with E-state index in [0.717, 1.165) is 19.5 Å². The summed E-state index contributed by atoms with van der Waals surface area (Å²) in [4.78, 5) is 10.9. The summed E-state index contributed by atoms with van der Waals surface area (Å²) in [5.74, 6) is 0.211. The molecule has 3 nitrogen and oxygen atoms in total. The zero-order valence-corrected chi connectivity index (χ0v) is 9.45. The average Bonchev–Trinajstić information content (AvgIpc) is 2.84. The van der Waals surface area contributed by atoms with Gasteiger partial charge in [-0.1, -0.05) is 0 Å². The molecule has 4 heteroatoms. The van der Waals surface area contributed by atoms with E-state index in [1.54, 1.807) is 0 Å². The van der Waals surface area contributed by atoms with Gasteiger partial charge in [-0.2, -0.15) is 11.8 Å². The first-order valence-electron chi connectivity index (χ1n) is 5.29. The van der Waals surface area contributed by atoms with Crippen molar-refractivity contribution in [3.63, 3.8) is 0 Å². The van der Waals surface area contributed by atoms with Crippen molar-refractivity contribution in [1.29, 1.82) is 0 Å². The predicted molar refractivity (Wildman–Crippen MR) is 59.5 cm³/mol. The maximum absolute atomic E-state index is 10.9. The third-order valence-electron chi connectivity index (χ3n) is 3.16. The molecule has 14 heavy (non-hydrogen) atoms. The molecule has 1 aliphatic carbocycles. The second-order valence-electron chi connectivity index (χ2n) is 4.32. The smallest absolute Gasteiger partial charge is 0.220 e. The molecule has 0 aromatic heterocycles. The summed E-state index contributed by atoms with van der Waals surface area (Å²) in [6.45, 7) is 2.04. The Morgan fingerprint density at radius 1 is 1.64 bits per heavy atom. The Balaban J connectivity index is 1.61. The second-order valence-corrected chi connectivity index (χ2v) is 5.60. The van der Waals surface area contributed by atoms with E-state index in [9.17, 15) is 4.79 Å². The van der Waals surface area contributed by atoms with Crippen molar-refractivity contribution in [2.75, 3.05) is 19.3 Å². The maximum atomic E-state index is 10.9. The molecule has 1 unspecified atom stereocenters. The van der Waals surface area contributed by atoms with Crippen LogP contribution in [0.1, 0.15) is 25.7 Å². The average molecular weight is 214 g/mol. The normalized spacial score (nSPS) is 28.9. The zero-order chi connectivity index (χ0) is 10.0. The minimum Gasteiger partial charge on any atom is -0.352 e. The van der Waals surface area contributed by atoms with Crippen LogP contribution >= 0.6 is 11.8 Å². The molecule has 1 aliphatic heterocycles. The van der Waals surface area contributed by atoms with Crippen LogP contribution in [0.2, 0.25) is 0 Å². The van der Waals surface area contributed by atoms with Gasteiger partial charge in [0.15, 0.2) is 0 Å². The first-order chi connectivity index (χ1) is 6.74. The molecule has 80 valence electrons. The van der Waals surface area contributed by atoms with Crippen LogP contribution in [-0.2, 0) is 4.79 Å². The summed E-state index contributed by atoms with van der Waals surface area (Å²) in [7, 11) is 0. The van der Waals surface area contributed by atoms with E-state index in [-0.39, 0.29) is 5.91 Å². The molecule has 2 aliphatic rings. The fourth-order valence-corrected chi connectivity index (χ4v) is 2.65. The maximum Gasteiger partial charge on any atom is 0.220 e. The van der Waals surface area contributed by atoms with Crippen LogP contribution in [0.25, 0.3) is 0 Å². The van der Waals surface area contributed by atoms with Crippen LogP contribution in [0.5, 0.6) is 0 Å². The van der Waals surface area contributed by atoms with Gasteiger partial charge >= 0.3 is 0 Å². The van der Waals surface area contributed by atoms with Crippen LogP contribution in [0.3, 0.4) is 0 Å². The van der Waals surface area contributed by atoms with Crippen molar-refractivity contribution in [2.45, 2.75) is 36.5 Å². The van der Waals surface area contributed by atoms with Gasteiger partial charge in [0.05, 0.1) is 0 Å². The number of thioether (sulfide) groups is 1. The van der Waals surface area contributed by atoms with E-state index in [1.165, 1.54) is 12.8 Å². The number of hydrogen-bond donors (Lipinski definition) is 2. The third kappa shape index (κ3) is 2.42. The molecule has 1 saturated carbocycles. The molecule has 1 amide bonds. The standard InChI is InChI=1S/C10H18N2OS/c1-14-10(4-5-10)7-11-6-8-2-3-9(13)12-8/h8,11H,2-7H2,1H3,(H,12,13). The van der Waals surface area contributed by atoms with Gasteiger partial charge in [-0.3, -0.25) is 4.79 Å². The lowest BCUT2D eigenvalue weighted by Gasteiger charge is -2.15. The van der Waals surface area contributed by atoms with Gasteiger partial charge in [0.25, 0.3) is 0 Å². The van der Waals surface area contributed by atoms with Crippen LogP contribution in [0, 0.1) is 0 Å². The predicted octanol–water partition coefficient (Wildman–Crippen LogP) is 0.750. The van der Waals surface area contributed by atoms with Crippen molar-refractivity contribution in [3.05, 3.63) is 0 Å². The summed E-state index contributed by atoms with van der Waals surface area (Å²) in [6, 6.07) is 0.375. The molecule has 0 bridgehead atoms. The number of rotatable bonds is 5. The number of carbonyl (C=O) groups is 1. The van der Waals surface area contributed by atoms with Crippen molar-refractivity contribution >= 4 is 17.7 Å². The van der Waals surface area contributed by atoms with Gasteiger partial charge < -0.3 is 10.6 Å². The van der Waals surface area contributed by atoms with E-state index in [0.29, 0.717) is 17.2 Å². The Morgan fingerprint density at radius 2 is 2.43 bits per heavy atom. The number of carbonyl (C=O) groups excluding carboxylic acids is 1. The van der Waals surface area contributed by atoms with Crippen LogP contribution < -0.4 is 10.6 Å². The summed E-state index contributed by atoms with van der Waals surface area (Å²) in [5.41, 5.74) is 0. The lowest BCUT2D eigenvalue weighted by molar-refractivity contribution is -0.119. The molecule has 0 spiro atoms. The van der Waals surface area contributed by atoms with Gasteiger partial charge in [0.1, 0.15) is 0 Å². The minimum absolute atomic E-state index is 0.211. The molecule has 1 heterocycles. The zero-order valence-electron chi connectivity index (χ0n) is 8.64. The lowest BCUT2D eigenvalue weighted by atomic mass is 10.2. The minimum atomic E-state index is 0.211. The molecule has 1 atom stereocenters. The Bertz CT molecular complexity index is 228. The molecule has 2 fully saturated rings. The Labute approximate surface area is 89.4 Å². The summed E-state index contributed by atoms with van der Waals surface area (Å²) in [6.07, 6.45) is 6.58. The van der Waals surface area contributed by atoms with E-state index in [2.05, 4.69) is 16.9 Å². The van der Waals surface area contributed by atoms with E-state index < -0.39 is 0 Å². The monoisotopic (exact) mass is 214 g/mol. The summed E-state index contributed by atoms with van der Waals surface area (Å²) in [5, 5.41) is 6.44. The summed E-state index contributed by atoms with van der Waals surface area (Å²) >= 11 is 1.97. The van der Waals surface area contributed by atoms with Gasteiger partial charge in [0, 0.05) is 30.3 Å². The Morgan fingerprint density at radius 3 is 2.93 bits per heavy atom. The van der Waals surface area contributed by atoms with Crippen molar-refractivity contribution < 1.29 is 4.79 Å². The lowest BCUT2D eigenvalue weighted by Crippen LogP contribution is -2.38. The van der Waals surface area contributed by atoms with Gasteiger partial charge in [-0.25, -0.2) is 0 Å². The van der Waals surface area contributed by atoms with Crippen molar-refractivity contribution in [3.8, 4) is 0 Å². The highest BCUT2D eigenvalue weighted by atomic mass is 32.2. The highest BCUT2D eigenvalue weighted by Gasteiger charge is 2.41. The number of nitrogens with one attached hydrogen (secondary N) is 2. The van der Waals surface area contributed by atoms with Crippen LogP contribution in [0.4, 0.5) is 0 Å². The fourth-order valence-electron chi connectivity index (χ4n) is 1.90. The molecule has 0 radical (unpaired) electrons. The van der Waals surface area contributed by atoms with Crippen molar-refractivity contribution in [2.24, 2.45) is 0 Å². The molecule has 0 aromatic carbocycles. The van der Waals surface area contributed by atoms with Gasteiger partial charge in [-0.15, -0.1) is 0 Å². The van der Waals surface area contributed by atoms with Crippen molar-refractivity contribution in [1.82, 2.24) is 10.6 Å². The second kappa shape index (κ2) is 4.11. The molecule has 2 N–H and O–H groups in total. The third-order valence-corrected chi connectivity index (χ3v) is 4.58. The number of hydrogen-bond acceptors (Lipinski definition) is 3. The van der Waals surface area contributed by atoms with Gasteiger partial charge in [0.2, 0.25) is 5.91 Å². The van der Waals surface area contributed by atoms with E-state index >= 15 is 0 Å². The first kappa shape index (κ1) is 10.3. The Kier molecular flexibility index (Phi) is 3.02. The highest BCUT2D eigenvalue weighted by Crippen LogP contribution is 2.46. The van der Waals surface area contributed by atoms with Crippen LogP contribution in [-0.4, -0.2) is 36.0 Å². The van der Waals surface area contributed by atoms with E-state index in [1.807, 2.05) is 11.8 Å². The molecular weight excluding hydrogens is 196 g/mol. The Hall–Kier alpha value is -0.220. The van der Waals surface area contributed by atoms with E-state index in [4.69, 9.17) is 0 Å². The molecule has 0 aromatic rings. The largest absolute Gasteiger partial charge is 0.352 e.